The third kappa shape index (κ3) is 1.74. The summed E-state index contributed by atoms with van der Waals surface area (Å²) >= 11 is 0. The highest BCUT2D eigenvalue weighted by Gasteiger charge is 2.26. The van der Waals surface area contributed by atoms with E-state index in [0.29, 0.717) is 6.04 Å². The average molecular weight is 140 g/mol. The van der Waals surface area contributed by atoms with E-state index in [1.54, 1.807) is 0 Å². The molecule has 10 heavy (non-hydrogen) atoms. The van der Waals surface area contributed by atoms with E-state index in [0.717, 1.165) is 18.5 Å². The van der Waals surface area contributed by atoms with Gasteiger partial charge in [-0.15, -0.1) is 0 Å². The molecule has 58 valence electrons. The first-order chi connectivity index (χ1) is 4.49. The Bertz CT molecular complexity index is 149. The summed E-state index contributed by atoms with van der Waals surface area (Å²) in [6.07, 6.45) is 1.95. The largest absolute Gasteiger partial charge is 0.384 e. The Balaban J connectivity index is 2.59. The maximum Gasteiger partial charge on any atom is 0.0329 e. The lowest BCUT2D eigenvalue weighted by Crippen LogP contribution is -2.48. The topological polar surface area (TPSA) is 38.0 Å². The van der Waals surface area contributed by atoms with Crippen molar-refractivity contribution in [3.05, 3.63) is 12.3 Å². The average Bonchev–Trinajstić information content (AvgIpc) is 1.54. The summed E-state index contributed by atoms with van der Waals surface area (Å²) in [6.45, 7) is 8.17. The van der Waals surface area contributed by atoms with Gasteiger partial charge in [0.25, 0.3) is 0 Å². The molecule has 0 amide bonds. The summed E-state index contributed by atoms with van der Waals surface area (Å²) in [5.74, 6) is 0. The predicted octanol–water partition coefficient (Wildman–Crippen LogP) is 0.989. The van der Waals surface area contributed by atoms with E-state index < -0.39 is 0 Å². The zero-order chi connectivity index (χ0) is 7.78. The molecular formula is C8H16N2. The highest BCUT2D eigenvalue weighted by molar-refractivity contribution is 5.06. The lowest BCUT2D eigenvalue weighted by Gasteiger charge is -2.36. The van der Waals surface area contributed by atoms with Crippen molar-refractivity contribution in [3.8, 4) is 0 Å². The Kier molecular flexibility index (Phi) is 1.73. The fraction of sp³-hybridized carbons (Fsp3) is 0.750. The van der Waals surface area contributed by atoms with Crippen molar-refractivity contribution in [1.29, 1.82) is 0 Å². The highest BCUT2D eigenvalue weighted by atomic mass is 15.0. The second kappa shape index (κ2) is 2.27. The summed E-state index contributed by atoms with van der Waals surface area (Å²) < 4.78 is 0. The van der Waals surface area contributed by atoms with E-state index in [4.69, 9.17) is 5.73 Å². The zero-order valence-corrected chi connectivity index (χ0v) is 6.78. The van der Waals surface area contributed by atoms with Gasteiger partial charge in [-0.2, -0.15) is 0 Å². The maximum atomic E-state index is 5.80. The molecular weight excluding hydrogens is 124 g/mol. The van der Waals surface area contributed by atoms with Crippen molar-refractivity contribution in [3.63, 3.8) is 0 Å². The minimum absolute atomic E-state index is 0.148. The van der Waals surface area contributed by atoms with Gasteiger partial charge in [-0.25, -0.2) is 0 Å². The summed E-state index contributed by atoms with van der Waals surface area (Å²) in [7, 11) is 0. The van der Waals surface area contributed by atoms with Crippen molar-refractivity contribution in [1.82, 2.24) is 5.32 Å². The van der Waals surface area contributed by atoms with Crippen LogP contribution in [0.3, 0.4) is 0 Å². The number of nitrogens with one attached hydrogen (secondary N) is 1. The molecule has 1 heterocycles. The molecule has 1 saturated heterocycles. The number of rotatable bonds is 0. The third-order valence-corrected chi connectivity index (χ3v) is 1.80. The molecule has 2 nitrogen and oxygen atoms in total. The summed E-state index contributed by atoms with van der Waals surface area (Å²) in [5.41, 5.74) is 7.02. The van der Waals surface area contributed by atoms with Crippen LogP contribution in [0.4, 0.5) is 0 Å². The second-order valence-corrected chi connectivity index (χ2v) is 3.78. The zero-order valence-electron chi connectivity index (χ0n) is 6.78. The van der Waals surface area contributed by atoms with Gasteiger partial charge in [0.15, 0.2) is 0 Å². The third-order valence-electron chi connectivity index (χ3n) is 1.80. The van der Waals surface area contributed by atoms with Crippen molar-refractivity contribution in [2.24, 2.45) is 5.73 Å². The molecule has 0 spiro atoms. The normalized spacial score (nSPS) is 31.5. The van der Waals surface area contributed by atoms with E-state index in [-0.39, 0.29) is 5.54 Å². The SMILES string of the molecule is C=C1CC(N)CC(C)(C)N1. The van der Waals surface area contributed by atoms with Crippen LogP contribution in [0, 0.1) is 0 Å². The number of hydrogen-bond donors (Lipinski definition) is 2. The standard InChI is InChI=1S/C8H16N2/c1-6-4-7(9)5-8(2,3)10-6/h7,10H,1,4-5,9H2,2-3H3. The molecule has 0 saturated carbocycles. The van der Waals surface area contributed by atoms with E-state index in [1.165, 1.54) is 0 Å². The molecule has 0 aromatic rings. The van der Waals surface area contributed by atoms with Gasteiger partial charge in [0.05, 0.1) is 0 Å². The second-order valence-electron chi connectivity index (χ2n) is 3.78. The minimum Gasteiger partial charge on any atom is -0.384 e. The predicted molar refractivity (Wildman–Crippen MR) is 43.6 cm³/mol. The molecule has 1 unspecified atom stereocenters. The van der Waals surface area contributed by atoms with E-state index >= 15 is 0 Å². The van der Waals surface area contributed by atoms with E-state index in [9.17, 15) is 0 Å². The Morgan fingerprint density at radius 1 is 1.70 bits per heavy atom. The summed E-state index contributed by atoms with van der Waals surface area (Å²) in [5, 5.41) is 3.31. The van der Waals surface area contributed by atoms with Crippen molar-refractivity contribution in [2.75, 3.05) is 0 Å². The molecule has 1 rings (SSSR count). The van der Waals surface area contributed by atoms with Crippen molar-refractivity contribution in [2.45, 2.75) is 38.3 Å². The number of nitrogens with two attached hydrogens (primary N) is 1. The smallest absolute Gasteiger partial charge is 0.0329 e. The molecule has 1 aliphatic heterocycles. The van der Waals surface area contributed by atoms with Crippen LogP contribution in [-0.2, 0) is 0 Å². The maximum absolute atomic E-state index is 5.80. The minimum atomic E-state index is 0.148. The summed E-state index contributed by atoms with van der Waals surface area (Å²) in [4.78, 5) is 0. The van der Waals surface area contributed by atoms with Crippen molar-refractivity contribution < 1.29 is 0 Å². The molecule has 1 atom stereocenters. The molecule has 3 N–H and O–H groups in total. The van der Waals surface area contributed by atoms with Crippen LogP contribution in [-0.4, -0.2) is 11.6 Å². The summed E-state index contributed by atoms with van der Waals surface area (Å²) in [6, 6.07) is 0.295. The fourth-order valence-corrected chi connectivity index (χ4v) is 1.62. The van der Waals surface area contributed by atoms with Crippen LogP contribution in [0.25, 0.3) is 0 Å². The molecule has 2 heteroatoms. The highest BCUT2D eigenvalue weighted by Crippen LogP contribution is 2.21. The van der Waals surface area contributed by atoms with Gasteiger partial charge in [-0.05, 0) is 20.3 Å². The number of hydrogen-bond acceptors (Lipinski definition) is 2. The van der Waals surface area contributed by atoms with E-state index in [2.05, 4.69) is 25.7 Å². The number of piperidine rings is 1. The van der Waals surface area contributed by atoms with Crippen LogP contribution in [0.15, 0.2) is 12.3 Å². The van der Waals surface area contributed by atoms with Crippen LogP contribution in [0.1, 0.15) is 26.7 Å². The van der Waals surface area contributed by atoms with Gasteiger partial charge in [0.2, 0.25) is 0 Å². The lowest BCUT2D eigenvalue weighted by atomic mass is 9.89. The van der Waals surface area contributed by atoms with Crippen LogP contribution in [0.5, 0.6) is 0 Å². The molecule has 0 aromatic carbocycles. The van der Waals surface area contributed by atoms with Crippen LogP contribution >= 0.6 is 0 Å². The molecule has 0 aliphatic carbocycles. The lowest BCUT2D eigenvalue weighted by molar-refractivity contribution is 0.314. The van der Waals surface area contributed by atoms with Crippen molar-refractivity contribution >= 4 is 0 Å². The Labute approximate surface area is 62.5 Å². The van der Waals surface area contributed by atoms with Gasteiger partial charge >= 0.3 is 0 Å². The molecule has 0 radical (unpaired) electrons. The van der Waals surface area contributed by atoms with Gasteiger partial charge in [0, 0.05) is 23.7 Å². The van der Waals surface area contributed by atoms with Gasteiger partial charge in [-0.1, -0.05) is 6.58 Å². The molecule has 1 fully saturated rings. The van der Waals surface area contributed by atoms with Gasteiger partial charge in [-0.3, -0.25) is 0 Å². The molecule has 0 aromatic heterocycles. The monoisotopic (exact) mass is 140 g/mol. The van der Waals surface area contributed by atoms with Gasteiger partial charge < -0.3 is 11.1 Å². The molecule has 0 bridgehead atoms. The molecule has 1 aliphatic rings. The van der Waals surface area contributed by atoms with Crippen LogP contribution < -0.4 is 11.1 Å². The quantitative estimate of drug-likeness (QED) is 0.526. The Hall–Kier alpha value is -0.500. The van der Waals surface area contributed by atoms with Gasteiger partial charge in [0.1, 0.15) is 0 Å². The fourth-order valence-electron chi connectivity index (χ4n) is 1.62. The Morgan fingerprint density at radius 2 is 2.30 bits per heavy atom. The first-order valence-electron chi connectivity index (χ1n) is 3.71. The first-order valence-corrected chi connectivity index (χ1v) is 3.71. The van der Waals surface area contributed by atoms with E-state index in [1.807, 2.05) is 0 Å². The van der Waals surface area contributed by atoms with Crippen LogP contribution in [0.2, 0.25) is 0 Å². The first kappa shape index (κ1) is 7.61. The Morgan fingerprint density at radius 3 is 2.70 bits per heavy atom.